The van der Waals surface area contributed by atoms with Crippen molar-refractivity contribution in [1.29, 1.82) is 0 Å². The maximum absolute atomic E-state index is 13.8. The fourth-order valence-electron chi connectivity index (χ4n) is 3.53. The highest BCUT2D eigenvalue weighted by Crippen LogP contribution is 2.28. The second-order valence-electron chi connectivity index (χ2n) is 7.42. The normalized spacial score (nSPS) is 14.2. The second-order valence-corrected chi connectivity index (χ2v) is 9.76. The van der Waals surface area contributed by atoms with Gasteiger partial charge in [-0.15, -0.1) is 0 Å². The van der Waals surface area contributed by atoms with Crippen LogP contribution in [0.5, 0.6) is 0 Å². The SMILES string of the molecule is Cc1ccc(NC(=O)c2cc(S(=O)(=O)N3CCc4ccccc4C3)ccc2Cl)cc1F. The monoisotopic (exact) mass is 458 g/mol. The van der Waals surface area contributed by atoms with E-state index in [9.17, 15) is 17.6 Å². The van der Waals surface area contributed by atoms with Gasteiger partial charge in [-0.1, -0.05) is 41.9 Å². The van der Waals surface area contributed by atoms with E-state index in [4.69, 9.17) is 11.6 Å². The molecule has 0 aliphatic carbocycles. The van der Waals surface area contributed by atoms with Crippen LogP contribution in [0, 0.1) is 12.7 Å². The van der Waals surface area contributed by atoms with E-state index in [-0.39, 0.29) is 27.7 Å². The van der Waals surface area contributed by atoms with Gasteiger partial charge in [-0.25, -0.2) is 12.8 Å². The van der Waals surface area contributed by atoms with Crippen LogP contribution in [0.2, 0.25) is 5.02 Å². The second kappa shape index (κ2) is 8.42. The molecule has 0 saturated heterocycles. The predicted molar refractivity (Wildman–Crippen MR) is 118 cm³/mol. The Balaban J connectivity index is 1.61. The zero-order valence-corrected chi connectivity index (χ0v) is 18.3. The lowest BCUT2D eigenvalue weighted by molar-refractivity contribution is 0.102. The molecule has 8 heteroatoms. The predicted octanol–water partition coefficient (Wildman–Crippen LogP) is 4.79. The molecule has 0 atom stereocenters. The molecule has 5 nitrogen and oxygen atoms in total. The molecule has 0 fully saturated rings. The van der Waals surface area contributed by atoms with Gasteiger partial charge < -0.3 is 5.32 Å². The van der Waals surface area contributed by atoms with Gasteiger partial charge in [0.2, 0.25) is 10.0 Å². The molecule has 4 rings (SSSR count). The van der Waals surface area contributed by atoms with E-state index in [1.165, 1.54) is 28.6 Å². The number of benzene rings is 3. The van der Waals surface area contributed by atoms with Crippen molar-refractivity contribution in [1.82, 2.24) is 4.31 Å². The Hall–Kier alpha value is -2.74. The highest BCUT2D eigenvalue weighted by molar-refractivity contribution is 7.89. The molecule has 1 aliphatic heterocycles. The molecule has 1 N–H and O–H groups in total. The van der Waals surface area contributed by atoms with Crippen LogP contribution in [0.15, 0.2) is 65.6 Å². The van der Waals surface area contributed by atoms with Crippen molar-refractivity contribution in [2.45, 2.75) is 24.8 Å². The van der Waals surface area contributed by atoms with Gasteiger partial charge in [-0.2, -0.15) is 4.31 Å². The molecule has 0 saturated carbocycles. The summed E-state index contributed by atoms with van der Waals surface area (Å²) in [6.45, 7) is 2.24. The molecular weight excluding hydrogens is 439 g/mol. The molecule has 0 unspecified atom stereocenters. The summed E-state index contributed by atoms with van der Waals surface area (Å²) in [5, 5.41) is 2.67. The Morgan fingerprint density at radius 2 is 1.81 bits per heavy atom. The quantitative estimate of drug-likeness (QED) is 0.611. The maximum atomic E-state index is 13.8. The fourth-order valence-corrected chi connectivity index (χ4v) is 5.18. The Labute approximate surface area is 185 Å². The number of hydrogen-bond acceptors (Lipinski definition) is 3. The number of rotatable bonds is 4. The summed E-state index contributed by atoms with van der Waals surface area (Å²) in [7, 11) is -3.83. The number of nitrogens with one attached hydrogen (secondary N) is 1. The van der Waals surface area contributed by atoms with Gasteiger partial charge >= 0.3 is 0 Å². The zero-order valence-electron chi connectivity index (χ0n) is 16.7. The summed E-state index contributed by atoms with van der Waals surface area (Å²) in [4.78, 5) is 12.7. The lowest BCUT2D eigenvalue weighted by atomic mass is 10.0. The van der Waals surface area contributed by atoms with E-state index in [0.717, 1.165) is 11.1 Å². The largest absolute Gasteiger partial charge is 0.322 e. The smallest absolute Gasteiger partial charge is 0.257 e. The molecule has 0 aromatic heterocycles. The average Bonchev–Trinajstić information content (AvgIpc) is 2.76. The van der Waals surface area contributed by atoms with Gasteiger partial charge in [-0.05, 0) is 60.4 Å². The van der Waals surface area contributed by atoms with Crippen LogP contribution in [-0.2, 0) is 23.0 Å². The third-order valence-electron chi connectivity index (χ3n) is 5.35. The van der Waals surface area contributed by atoms with Crippen LogP contribution in [0.3, 0.4) is 0 Å². The summed E-state index contributed by atoms with van der Waals surface area (Å²) < 4.78 is 41.6. The number of sulfonamides is 1. The summed E-state index contributed by atoms with van der Waals surface area (Å²) in [6, 6.07) is 16.1. The standard InChI is InChI=1S/C23H20ClFN2O3S/c1-15-6-7-18(12-22(15)25)26-23(28)20-13-19(8-9-21(20)24)31(29,30)27-11-10-16-4-2-3-5-17(16)14-27/h2-9,12-13H,10-11,14H2,1H3,(H,26,28). The molecular formula is C23H20ClFN2O3S. The molecule has 31 heavy (non-hydrogen) atoms. The van der Waals surface area contributed by atoms with Crippen LogP contribution in [0.1, 0.15) is 27.0 Å². The number of amides is 1. The number of halogens is 2. The van der Waals surface area contributed by atoms with Crippen molar-refractivity contribution in [2.75, 3.05) is 11.9 Å². The van der Waals surface area contributed by atoms with Gasteiger partial charge in [-0.3, -0.25) is 4.79 Å². The minimum absolute atomic E-state index is 0.00105. The van der Waals surface area contributed by atoms with Gasteiger partial charge in [0, 0.05) is 18.8 Å². The molecule has 1 heterocycles. The molecule has 160 valence electrons. The minimum Gasteiger partial charge on any atom is -0.322 e. The highest BCUT2D eigenvalue weighted by atomic mass is 35.5. The third kappa shape index (κ3) is 4.35. The molecule has 3 aromatic rings. The van der Waals surface area contributed by atoms with E-state index in [1.807, 2.05) is 24.3 Å². The molecule has 0 spiro atoms. The lowest BCUT2D eigenvalue weighted by Crippen LogP contribution is -2.36. The number of carbonyl (C=O) groups is 1. The number of hydrogen-bond donors (Lipinski definition) is 1. The number of anilines is 1. The molecule has 3 aromatic carbocycles. The Morgan fingerprint density at radius 1 is 1.06 bits per heavy atom. The van der Waals surface area contributed by atoms with Crippen LogP contribution >= 0.6 is 11.6 Å². The first kappa shape index (κ1) is 21.5. The topological polar surface area (TPSA) is 66.5 Å². The van der Waals surface area contributed by atoms with E-state index >= 15 is 0 Å². The van der Waals surface area contributed by atoms with Crippen molar-refractivity contribution >= 4 is 33.2 Å². The van der Waals surface area contributed by atoms with Gasteiger partial charge in [0.25, 0.3) is 5.91 Å². The molecule has 1 amide bonds. The van der Waals surface area contributed by atoms with Crippen LogP contribution < -0.4 is 5.32 Å². The zero-order chi connectivity index (χ0) is 22.2. The summed E-state index contributed by atoms with van der Waals surface area (Å²) in [5.41, 5.74) is 2.81. The first-order valence-corrected chi connectivity index (χ1v) is 11.5. The molecule has 0 bridgehead atoms. The number of fused-ring (bicyclic) bond motifs is 1. The van der Waals surface area contributed by atoms with Gasteiger partial charge in [0.1, 0.15) is 5.82 Å². The van der Waals surface area contributed by atoms with Crippen molar-refractivity contribution in [2.24, 2.45) is 0 Å². The number of nitrogens with zero attached hydrogens (tertiary/aromatic N) is 1. The number of aryl methyl sites for hydroxylation is 1. The third-order valence-corrected chi connectivity index (χ3v) is 7.52. The van der Waals surface area contributed by atoms with Crippen molar-refractivity contribution in [3.8, 4) is 0 Å². The minimum atomic E-state index is -3.83. The Bertz CT molecular complexity index is 1280. The van der Waals surface area contributed by atoms with Gasteiger partial charge in [0.15, 0.2) is 0 Å². The lowest BCUT2D eigenvalue weighted by Gasteiger charge is -2.28. The average molecular weight is 459 g/mol. The summed E-state index contributed by atoms with van der Waals surface area (Å²) >= 11 is 6.17. The first-order chi connectivity index (χ1) is 14.8. The van der Waals surface area contributed by atoms with E-state index in [2.05, 4.69) is 5.32 Å². The molecule has 1 aliphatic rings. The van der Waals surface area contributed by atoms with E-state index in [0.29, 0.717) is 18.5 Å². The highest BCUT2D eigenvalue weighted by Gasteiger charge is 2.29. The van der Waals surface area contributed by atoms with E-state index < -0.39 is 21.7 Å². The maximum Gasteiger partial charge on any atom is 0.257 e. The van der Waals surface area contributed by atoms with Crippen LogP contribution in [0.4, 0.5) is 10.1 Å². The van der Waals surface area contributed by atoms with Crippen molar-refractivity contribution in [3.05, 3.63) is 93.8 Å². The Kier molecular flexibility index (Phi) is 5.83. The van der Waals surface area contributed by atoms with E-state index in [1.54, 1.807) is 19.1 Å². The summed E-state index contributed by atoms with van der Waals surface area (Å²) in [5.74, 6) is -1.07. The molecule has 0 radical (unpaired) electrons. The first-order valence-electron chi connectivity index (χ1n) is 9.70. The van der Waals surface area contributed by atoms with Crippen LogP contribution in [-0.4, -0.2) is 25.2 Å². The fraction of sp³-hybridized carbons (Fsp3) is 0.174. The van der Waals surface area contributed by atoms with Crippen LogP contribution in [0.25, 0.3) is 0 Å². The Morgan fingerprint density at radius 3 is 2.55 bits per heavy atom. The summed E-state index contributed by atoms with van der Waals surface area (Å²) in [6.07, 6.45) is 0.620. The van der Waals surface area contributed by atoms with Crippen molar-refractivity contribution in [3.63, 3.8) is 0 Å². The number of carbonyl (C=O) groups excluding carboxylic acids is 1. The van der Waals surface area contributed by atoms with Gasteiger partial charge in [0.05, 0.1) is 15.5 Å². The van der Waals surface area contributed by atoms with Crippen molar-refractivity contribution < 1.29 is 17.6 Å².